The van der Waals surface area contributed by atoms with Crippen molar-refractivity contribution in [2.45, 2.75) is 0 Å². The molecule has 0 spiro atoms. The lowest BCUT2D eigenvalue weighted by Crippen LogP contribution is -2.10. The summed E-state index contributed by atoms with van der Waals surface area (Å²) in [4.78, 5) is 20.0. The standard InChI is InChI=1S/C23H15FN4O/c24-20-21(14-5-7-15(8-6-14)23(25)29)27-18-4-2-1-3-17(18)22(20)28-12-10-16-13-26-11-9-19(16)28/h1-13H,(H2,25,29). The molecule has 3 aromatic heterocycles. The fourth-order valence-corrected chi connectivity index (χ4v) is 3.57. The van der Waals surface area contributed by atoms with Crippen LogP contribution in [-0.2, 0) is 0 Å². The van der Waals surface area contributed by atoms with Gasteiger partial charge in [0.15, 0.2) is 5.82 Å². The quantitative estimate of drug-likeness (QED) is 0.500. The van der Waals surface area contributed by atoms with Gasteiger partial charge in [-0.3, -0.25) is 9.78 Å². The van der Waals surface area contributed by atoms with E-state index in [-0.39, 0.29) is 5.69 Å². The summed E-state index contributed by atoms with van der Waals surface area (Å²) in [5, 5.41) is 1.62. The lowest BCUT2D eigenvalue weighted by molar-refractivity contribution is 0.100. The van der Waals surface area contributed by atoms with E-state index in [9.17, 15) is 4.79 Å². The van der Waals surface area contributed by atoms with Gasteiger partial charge in [0.25, 0.3) is 0 Å². The van der Waals surface area contributed by atoms with E-state index in [4.69, 9.17) is 5.73 Å². The molecule has 2 aromatic carbocycles. The van der Waals surface area contributed by atoms with Gasteiger partial charge in [-0.15, -0.1) is 0 Å². The first kappa shape index (κ1) is 17.1. The number of hydrogen-bond donors (Lipinski definition) is 1. The molecule has 29 heavy (non-hydrogen) atoms. The number of carbonyl (C=O) groups excluding carboxylic acids is 1. The molecule has 0 aliphatic carbocycles. The number of primary amides is 1. The molecule has 0 bridgehead atoms. The maximum atomic E-state index is 15.8. The van der Waals surface area contributed by atoms with Crippen LogP contribution in [-0.4, -0.2) is 20.4 Å². The zero-order chi connectivity index (χ0) is 20.0. The van der Waals surface area contributed by atoms with Crippen LogP contribution in [0.1, 0.15) is 10.4 Å². The van der Waals surface area contributed by atoms with E-state index < -0.39 is 11.7 Å². The Bertz CT molecular complexity index is 1390. The molecule has 1 amide bonds. The fourth-order valence-electron chi connectivity index (χ4n) is 3.57. The van der Waals surface area contributed by atoms with E-state index in [2.05, 4.69) is 9.97 Å². The molecule has 0 aliphatic heterocycles. The summed E-state index contributed by atoms with van der Waals surface area (Å²) in [7, 11) is 0. The Balaban J connectivity index is 1.82. The Labute approximate surface area is 165 Å². The van der Waals surface area contributed by atoms with Crippen LogP contribution in [0.4, 0.5) is 4.39 Å². The second-order valence-corrected chi connectivity index (χ2v) is 6.70. The first-order valence-corrected chi connectivity index (χ1v) is 9.03. The minimum atomic E-state index is -0.531. The van der Waals surface area contributed by atoms with E-state index in [1.165, 1.54) is 0 Å². The Kier molecular flexibility index (Phi) is 3.84. The molecule has 6 heteroatoms. The van der Waals surface area contributed by atoms with E-state index in [0.29, 0.717) is 27.7 Å². The van der Waals surface area contributed by atoms with Crippen LogP contribution in [0.25, 0.3) is 38.8 Å². The molecule has 5 rings (SSSR count). The predicted octanol–water partition coefficient (Wildman–Crippen LogP) is 4.48. The van der Waals surface area contributed by atoms with Gasteiger partial charge >= 0.3 is 0 Å². The summed E-state index contributed by atoms with van der Waals surface area (Å²) < 4.78 is 17.7. The van der Waals surface area contributed by atoms with E-state index >= 15 is 4.39 Å². The molecule has 0 atom stereocenters. The molecule has 0 saturated heterocycles. The van der Waals surface area contributed by atoms with Crippen molar-refractivity contribution in [2.75, 3.05) is 0 Å². The van der Waals surface area contributed by atoms with Gasteiger partial charge in [-0.25, -0.2) is 9.37 Å². The molecule has 0 saturated carbocycles. The van der Waals surface area contributed by atoms with Crippen LogP contribution >= 0.6 is 0 Å². The number of carbonyl (C=O) groups is 1. The molecule has 0 aliphatic rings. The van der Waals surface area contributed by atoms with Gasteiger partial charge in [0.05, 0.1) is 16.7 Å². The highest BCUT2D eigenvalue weighted by molar-refractivity contribution is 5.95. The third kappa shape index (κ3) is 2.73. The second kappa shape index (κ2) is 6.53. The first-order chi connectivity index (χ1) is 14.1. The van der Waals surface area contributed by atoms with Gasteiger partial charge in [0, 0.05) is 40.5 Å². The fraction of sp³-hybridized carbons (Fsp3) is 0. The average Bonchev–Trinajstić information content (AvgIpc) is 3.17. The van der Waals surface area contributed by atoms with Gasteiger partial charge in [-0.1, -0.05) is 30.3 Å². The van der Waals surface area contributed by atoms with Gasteiger partial charge in [0.2, 0.25) is 5.91 Å². The van der Waals surface area contributed by atoms with Crippen molar-refractivity contribution in [3.05, 3.63) is 90.6 Å². The molecule has 0 radical (unpaired) electrons. The number of nitrogens with zero attached hydrogens (tertiary/aromatic N) is 3. The van der Waals surface area contributed by atoms with Crippen molar-refractivity contribution >= 4 is 27.7 Å². The lowest BCUT2D eigenvalue weighted by Gasteiger charge is -2.14. The number of fused-ring (bicyclic) bond motifs is 2. The lowest BCUT2D eigenvalue weighted by atomic mass is 10.0. The van der Waals surface area contributed by atoms with Crippen LogP contribution < -0.4 is 5.73 Å². The second-order valence-electron chi connectivity index (χ2n) is 6.70. The summed E-state index contributed by atoms with van der Waals surface area (Å²) in [6.45, 7) is 0. The summed E-state index contributed by atoms with van der Waals surface area (Å²) in [6.07, 6.45) is 5.26. The molecule has 0 unspecified atom stereocenters. The number of amides is 1. The third-order valence-electron chi connectivity index (χ3n) is 4.98. The van der Waals surface area contributed by atoms with Crippen molar-refractivity contribution in [3.63, 3.8) is 0 Å². The number of halogens is 1. The molecule has 0 fully saturated rings. The van der Waals surface area contributed by atoms with Crippen molar-refractivity contribution in [3.8, 4) is 16.9 Å². The summed E-state index contributed by atoms with van der Waals surface area (Å²) in [5.41, 5.74) is 8.40. The van der Waals surface area contributed by atoms with Crippen LogP contribution in [0.3, 0.4) is 0 Å². The molecule has 5 nitrogen and oxygen atoms in total. The Morgan fingerprint density at radius 1 is 1.00 bits per heavy atom. The number of nitrogens with two attached hydrogens (primary N) is 1. The number of benzene rings is 2. The maximum Gasteiger partial charge on any atom is 0.248 e. The van der Waals surface area contributed by atoms with Crippen LogP contribution in [0.15, 0.2) is 79.3 Å². The van der Waals surface area contributed by atoms with Crippen molar-refractivity contribution in [1.82, 2.24) is 14.5 Å². The average molecular weight is 382 g/mol. The van der Waals surface area contributed by atoms with E-state index in [1.54, 1.807) is 36.7 Å². The van der Waals surface area contributed by atoms with Crippen molar-refractivity contribution in [1.29, 1.82) is 0 Å². The maximum absolute atomic E-state index is 15.8. The van der Waals surface area contributed by atoms with Crippen molar-refractivity contribution in [2.24, 2.45) is 5.73 Å². The number of aromatic nitrogens is 3. The summed E-state index contributed by atoms with van der Waals surface area (Å²) in [5.74, 6) is -0.971. The highest BCUT2D eigenvalue weighted by Gasteiger charge is 2.19. The Morgan fingerprint density at radius 3 is 2.59 bits per heavy atom. The zero-order valence-electron chi connectivity index (χ0n) is 15.2. The smallest absolute Gasteiger partial charge is 0.248 e. The van der Waals surface area contributed by atoms with Crippen LogP contribution in [0.2, 0.25) is 0 Å². The van der Waals surface area contributed by atoms with Crippen LogP contribution in [0.5, 0.6) is 0 Å². The summed E-state index contributed by atoms with van der Waals surface area (Å²) >= 11 is 0. The summed E-state index contributed by atoms with van der Waals surface area (Å²) in [6, 6.07) is 17.7. The SMILES string of the molecule is NC(=O)c1ccc(-c2nc3ccccc3c(-n3ccc4cnccc43)c2F)cc1. The van der Waals surface area contributed by atoms with E-state index in [0.717, 1.165) is 10.9 Å². The van der Waals surface area contributed by atoms with Gasteiger partial charge in [0.1, 0.15) is 5.69 Å². The van der Waals surface area contributed by atoms with Gasteiger partial charge < -0.3 is 10.3 Å². The monoisotopic (exact) mass is 382 g/mol. The Hall–Kier alpha value is -4.06. The van der Waals surface area contributed by atoms with Crippen LogP contribution in [0, 0.1) is 5.82 Å². The molecule has 140 valence electrons. The highest BCUT2D eigenvalue weighted by atomic mass is 19.1. The number of rotatable bonds is 3. The molecular weight excluding hydrogens is 367 g/mol. The topological polar surface area (TPSA) is 73.8 Å². The first-order valence-electron chi connectivity index (χ1n) is 9.03. The highest BCUT2D eigenvalue weighted by Crippen LogP contribution is 2.33. The Morgan fingerprint density at radius 2 is 1.79 bits per heavy atom. The molecular formula is C23H15FN4O. The van der Waals surface area contributed by atoms with Gasteiger partial charge in [-0.2, -0.15) is 0 Å². The largest absolute Gasteiger partial charge is 0.366 e. The zero-order valence-corrected chi connectivity index (χ0v) is 15.2. The third-order valence-corrected chi connectivity index (χ3v) is 4.98. The van der Waals surface area contributed by atoms with E-state index in [1.807, 2.05) is 47.2 Å². The molecule has 2 N–H and O–H groups in total. The number of hydrogen-bond acceptors (Lipinski definition) is 3. The number of para-hydroxylation sites is 1. The minimum absolute atomic E-state index is 0.214. The predicted molar refractivity (Wildman–Crippen MR) is 110 cm³/mol. The number of pyridine rings is 2. The van der Waals surface area contributed by atoms with Gasteiger partial charge in [-0.05, 0) is 30.3 Å². The molecule has 5 aromatic rings. The minimum Gasteiger partial charge on any atom is -0.366 e. The molecule has 3 heterocycles. The normalized spacial score (nSPS) is 11.2. The van der Waals surface area contributed by atoms with Crippen molar-refractivity contribution < 1.29 is 9.18 Å².